The van der Waals surface area contributed by atoms with Gasteiger partial charge in [-0.25, -0.2) is 4.79 Å². The molecule has 0 saturated carbocycles. The quantitative estimate of drug-likeness (QED) is 0.294. The number of amides is 2. The van der Waals surface area contributed by atoms with Gasteiger partial charge < -0.3 is 4.42 Å². The number of carbonyl (C=O) groups is 2. The minimum absolute atomic E-state index is 0.00244. The average molecular weight is 390 g/mol. The van der Waals surface area contributed by atoms with Gasteiger partial charge in [0.15, 0.2) is 0 Å². The number of carbonyl (C=O) groups excluding carboxylic acids is 2. The smallest absolute Gasteiger partial charge is 0.336 e. The van der Waals surface area contributed by atoms with Crippen LogP contribution in [0, 0.1) is 10.1 Å². The van der Waals surface area contributed by atoms with E-state index in [9.17, 15) is 24.5 Å². The lowest BCUT2D eigenvalue weighted by Crippen LogP contribution is -2.29. The van der Waals surface area contributed by atoms with Crippen LogP contribution in [0.2, 0.25) is 0 Å². The molecule has 0 bridgehead atoms. The summed E-state index contributed by atoms with van der Waals surface area (Å²) in [6, 6.07) is 8.70. The van der Waals surface area contributed by atoms with Crippen molar-refractivity contribution in [2.75, 3.05) is 0 Å². The maximum absolute atomic E-state index is 12.8. The van der Waals surface area contributed by atoms with Crippen LogP contribution in [0.1, 0.15) is 43.8 Å². The molecule has 0 atom stereocenters. The first-order chi connectivity index (χ1) is 13.9. The molecule has 0 saturated heterocycles. The van der Waals surface area contributed by atoms with E-state index >= 15 is 0 Å². The molecule has 0 spiro atoms. The number of aryl methyl sites for hydroxylation is 2. The van der Waals surface area contributed by atoms with Gasteiger partial charge in [0.1, 0.15) is 5.58 Å². The Balaban J connectivity index is 1.58. The predicted octanol–water partition coefficient (Wildman–Crippen LogP) is 2.99. The van der Waals surface area contributed by atoms with Crippen LogP contribution in [-0.4, -0.2) is 21.6 Å². The summed E-state index contributed by atoms with van der Waals surface area (Å²) in [5, 5.41) is 11.7. The van der Waals surface area contributed by atoms with Gasteiger partial charge in [0.2, 0.25) is 0 Å². The molecule has 2 heterocycles. The molecule has 0 radical (unpaired) electrons. The van der Waals surface area contributed by atoms with Gasteiger partial charge in [-0.05, 0) is 54.2 Å². The van der Waals surface area contributed by atoms with Crippen LogP contribution < -0.4 is 5.63 Å². The molecule has 3 aromatic rings. The van der Waals surface area contributed by atoms with Crippen LogP contribution in [0.15, 0.2) is 45.6 Å². The molecule has 0 unspecified atom stereocenters. The highest BCUT2D eigenvalue weighted by Crippen LogP contribution is 2.31. The highest BCUT2D eigenvalue weighted by molar-refractivity contribution is 6.21. The Morgan fingerprint density at radius 1 is 0.966 bits per heavy atom. The number of hydrogen-bond donors (Lipinski definition) is 0. The molecular formula is C21H14N2O6. The van der Waals surface area contributed by atoms with E-state index in [0.29, 0.717) is 16.5 Å². The third-order valence-corrected chi connectivity index (χ3v) is 5.54. The fraction of sp³-hybridized carbons (Fsp3) is 0.190. The number of nitro benzene ring substituents is 1. The number of hydrogen-bond acceptors (Lipinski definition) is 6. The number of imide groups is 1. The standard InChI is InChI=1S/C21H14N2O6/c24-19-8-13(16-6-11-2-1-3-12(11)7-18(16)29-19)10-22-20(25)15-5-4-14(23(27)28)9-17(15)21(22)26/h4-9H,1-3,10H2. The Morgan fingerprint density at radius 2 is 1.69 bits per heavy atom. The summed E-state index contributed by atoms with van der Waals surface area (Å²) in [5.74, 6) is -1.15. The molecule has 8 nitrogen and oxygen atoms in total. The highest BCUT2D eigenvalue weighted by atomic mass is 16.6. The van der Waals surface area contributed by atoms with Crippen molar-refractivity contribution in [3.05, 3.63) is 84.7 Å². The van der Waals surface area contributed by atoms with Crippen molar-refractivity contribution >= 4 is 28.5 Å². The zero-order valence-corrected chi connectivity index (χ0v) is 15.1. The van der Waals surface area contributed by atoms with Gasteiger partial charge in [0.05, 0.1) is 22.6 Å². The molecule has 1 aromatic heterocycles. The van der Waals surface area contributed by atoms with E-state index in [0.717, 1.165) is 35.8 Å². The third-order valence-electron chi connectivity index (χ3n) is 5.54. The summed E-state index contributed by atoms with van der Waals surface area (Å²) in [4.78, 5) is 48.9. The van der Waals surface area contributed by atoms with E-state index in [1.165, 1.54) is 23.8 Å². The molecule has 8 heteroatoms. The van der Waals surface area contributed by atoms with Gasteiger partial charge in [0, 0.05) is 23.6 Å². The van der Waals surface area contributed by atoms with Crippen molar-refractivity contribution < 1.29 is 18.9 Å². The zero-order valence-electron chi connectivity index (χ0n) is 15.1. The molecule has 144 valence electrons. The van der Waals surface area contributed by atoms with Crippen LogP contribution in [-0.2, 0) is 19.4 Å². The molecular weight excluding hydrogens is 376 g/mol. The minimum atomic E-state index is -0.615. The minimum Gasteiger partial charge on any atom is -0.423 e. The van der Waals surface area contributed by atoms with Gasteiger partial charge in [-0.1, -0.05) is 0 Å². The van der Waals surface area contributed by atoms with Gasteiger partial charge in [0.25, 0.3) is 17.5 Å². The van der Waals surface area contributed by atoms with Crippen LogP contribution in [0.5, 0.6) is 0 Å². The summed E-state index contributed by atoms with van der Waals surface area (Å²) in [7, 11) is 0. The summed E-state index contributed by atoms with van der Waals surface area (Å²) in [5.41, 5.74) is 2.56. The van der Waals surface area contributed by atoms with E-state index in [1.807, 2.05) is 12.1 Å². The second-order valence-electron chi connectivity index (χ2n) is 7.24. The molecule has 2 aliphatic rings. The second-order valence-corrected chi connectivity index (χ2v) is 7.24. The SMILES string of the molecule is O=C1c2ccc([N+](=O)[O-])cc2C(=O)N1Cc1cc(=O)oc2cc3c(cc12)CCC3. The number of rotatable bonds is 3. The lowest BCUT2D eigenvalue weighted by atomic mass is 10.0. The first kappa shape index (κ1) is 17.3. The van der Waals surface area contributed by atoms with Gasteiger partial charge in [-0.3, -0.25) is 24.6 Å². The summed E-state index contributed by atoms with van der Waals surface area (Å²) >= 11 is 0. The van der Waals surface area contributed by atoms with Gasteiger partial charge in [-0.15, -0.1) is 0 Å². The van der Waals surface area contributed by atoms with Crippen molar-refractivity contribution in [3.8, 4) is 0 Å². The average Bonchev–Trinajstić information content (AvgIpc) is 3.24. The Morgan fingerprint density at radius 3 is 2.45 bits per heavy atom. The number of nitro groups is 1. The maximum atomic E-state index is 12.8. The number of fused-ring (bicyclic) bond motifs is 3. The summed E-state index contributed by atoms with van der Waals surface area (Å²) in [6.45, 7) is -0.110. The molecule has 1 aliphatic heterocycles. The predicted molar refractivity (Wildman–Crippen MR) is 102 cm³/mol. The molecule has 2 aromatic carbocycles. The third kappa shape index (κ3) is 2.64. The number of nitrogens with zero attached hydrogens (tertiary/aromatic N) is 2. The van der Waals surface area contributed by atoms with E-state index < -0.39 is 22.4 Å². The molecule has 1 aliphatic carbocycles. The number of benzene rings is 2. The van der Waals surface area contributed by atoms with Crippen LogP contribution in [0.4, 0.5) is 5.69 Å². The van der Waals surface area contributed by atoms with E-state index in [1.54, 1.807) is 0 Å². The first-order valence-electron chi connectivity index (χ1n) is 9.15. The Kier molecular flexibility index (Phi) is 3.64. The van der Waals surface area contributed by atoms with Gasteiger partial charge in [-0.2, -0.15) is 0 Å². The van der Waals surface area contributed by atoms with Crippen molar-refractivity contribution in [1.82, 2.24) is 4.90 Å². The Bertz CT molecular complexity index is 1310. The fourth-order valence-electron chi connectivity index (χ4n) is 4.13. The first-order valence-corrected chi connectivity index (χ1v) is 9.15. The van der Waals surface area contributed by atoms with Crippen molar-refractivity contribution in [2.45, 2.75) is 25.8 Å². The van der Waals surface area contributed by atoms with Crippen molar-refractivity contribution in [1.29, 1.82) is 0 Å². The van der Waals surface area contributed by atoms with E-state index in [4.69, 9.17) is 4.42 Å². The highest BCUT2D eigenvalue weighted by Gasteiger charge is 2.37. The van der Waals surface area contributed by atoms with Crippen molar-refractivity contribution in [3.63, 3.8) is 0 Å². The fourth-order valence-corrected chi connectivity index (χ4v) is 4.13. The monoisotopic (exact) mass is 390 g/mol. The van der Waals surface area contributed by atoms with Crippen LogP contribution >= 0.6 is 0 Å². The molecule has 29 heavy (non-hydrogen) atoms. The van der Waals surface area contributed by atoms with E-state index in [-0.39, 0.29) is 23.4 Å². The topological polar surface area (TPSA) is 111 Å². The largest absolute Gasteiger partial charge is 0.423 e. The maximum Gasteiger partial charge on any atom is 0.336 e. The Hall–Kier alpha value is -3.81. The van der Waals surface area contributed by atoms with Gasteiger partial charge >= 0.3 is 5.63 Å². The lowest BCUT2D eigenvalue weighted by Gasteiger charge is -2.15. The number of non-ortho nitro benzene ring substituents is 1. The molecule has 0 fully saturated rings. The molecule has 0 N–H and O–H groups in total. The Labute approximate surface area is 163 Å². The summed E-state index contributed by atoms with van der Waals surface area (Å²) in [6.07, 6.45) is 2.89. The molecule has 5 rings (SSSR count). The van der Waals surface area contributed by atoms with E-state index in [2.05, 4.69) is 0 Å². The zero-order chi connectivity index (χ0) is 20.3. The molecule has 2 amide bonds. The summed E-state index contributed by atoms with van der Waals surface area (Å²) < 4.78 is 5.33. The lowest BCUT2D eigenvalue weighted by molar-refractivity contribution is -0.384. The van der Waals surface area contributed by atoms with Crippen LogP contribution in [0.3, 0.4) is 0 Å². The second kappa shape index (κ2) is 6.10. The normalized spacial score (nSPS) is 15.1. The van der Waals surface area contributed by atoms with Crippen molar-refractivity contribution in [2.24, 2.45) is 0 Å². The van der Waals surface area contributed by atoms with Crippen LogP contribution in [0.25, 0.3) is 11.0 Å².